The van der Waals surface area contributed by atoms with E-state index in [2.05, 4.69) is 27.1 Å². The van der Waals surface area contributed by atoms with Crippen LogP contribution in [0.5, 0.6) is 0 Å². The van der Waals surface area contributed by atoms with E-state index in [0.717, 1.165) is 37.2 Å². The molecule has 31 heavy (non-hydrogen) atoms. The molecule has 0 aromatic heterocycles. The molecule has 0 radical (unpaired) electrons. The zero-order valence-electron chi connectivity index (χ0n) is 17.8. The van der Waals surface area contributed by atoms with E-state index in [1.165, 1.54) is 31.4 Å². The highest BCUT2D eigenvalue weighted by Gasteiger charge is 2.27. The van der Waals surface area contributed by atoms with E-state index in [9.17, 15) is 13.2 Å². The van der Waals surface area contributed by atoms with Crippen LogP contribution in [0, 0.1) is 0 Å². The van der Waals surface area contributed by atoms with Crippen molar-refractivity contribution in [2.45, 2.75) is 62.3 Å². The fourth-order valence-electron chi connectivity index (χ4n) is 3.89. The third-order valence-corrected chi connectivity index (χ3v) is 7.43. The van der Waals surface area contributed by atoms with E-state index < -0.39 is 10.0 Å². The molecule has 1 aliphatic heterocycles. The summed E-state index contributed by atoms with van der Waals surface area (Å²) in [6, 6.07) is 15.0. The van der Waals surface area contributed by atoms with Gasteiger partial charge in [0.05, 0.1) is 4.90 Å². The van der Waals surface area contributed by atoms with Crippen molar-refractivity contribution in [2.24, 2.45) is 0 Å². The predicted octanol–water partition coefficient (Wildman–Crippen LogP) is 4.08. The molecule has 0 unspecified atom stereocenters. The van der Waals surface area contributed by atoms with Gasteiger partial charge < -0.3 is 10.2 Å². The molecule has 6 nitrogen and oxygen atoms in total. The first kappa shape index (κ1) is 21.8. The third kappa shape index (κ3) is 6.31. The zero-order chi connectivity index (χ0) is 21.7. The number of amides is 1. The van der Waals surface area contributed by atoms with Crippen molar-refractivity contribution in [1.29, 1.82) is 0 Å². The van der Waals surface area contributed by atoms with E-state index in [4.69, 9.17) is 0 Å². The summed E-state index contributed by atoms with van der Waals surface area (Å²) < 4.78 is 27.1. The lowest BCUT2D eigenvalue weighted by Crippen LogP contribution is -2.25. The lowest BCUT2D eigenvalue weighted by Gasteiger charge is -2.22. The molecule has 2 aromatic carbocycles. The Hall–Kier alpha value is -2.38. The molecular formula is C24H31N3O3S. The maximum absolute atomic E-state index is 12.3. The van der Waals surface area contributed by atoms with Gasteiger partial charge in [-0.3, -0.25) is 4.79 Å². The van der Waals surface area contributed by atoms with Crippen LogP contribution in [0.25, 0.3) is 0 Å². The molecule has 1 heterocycles. The van der Waals surface area contributed by atoms with E-state index in [1.807, 2.05) is 12.1 Å². The van der Waals surface area contributed by atoms with Crippen molar-refractivity contribution in [3.63, 3.8) is 0 Å². The number of anilines is 2. The van der Waals surface area contributed by atoms with Crippen LogP contribution in [-0.4, -0.2) is 33.5 Å². The van der Waals surface area contributed by atoms with Gasteiger partial charge in [-0.05, 0) is 74.1 Å². The number of rotatable bonds is 8. The van der Waals surface area contributed by atoms with Crippen molar-refractivity contribution in [1.82, 2.24) is 4.72 Å². The Morgan fingerprint density at radius 3 is 2.16 bits per heavy atom. The first-order valence-corrected chi connectivity index (χ1v) is 12.7. The monoisotopic (exact) mass is 441 g/mol. The molecule has 0 bridgehead atoms. The number of aryl methyl sites for hydroxylation is 1. The van der Waals surface area contributed by atoms with Gasteiger partial charge in [0.2, 0.25) is 15.9 Å². The topological polar surface area (TPSA) is 78.5 Å². The maximum atomic E-state index is 12.3. The Balaban J connectivity index is 1.26. The molecule has 166 valence electrons. The second kappa shape index (κ2) is 9.83. The number of nitrogens with zero attached hydrogens (tertiary/aromatic N) is 1. The molecule has 1 aliphatic carbocycles. The number of hydrogen-bond donors (Lipinski definition) is 2. The van der Waals surface area contributed by atoms with Crippen LogP contribution in [0.15, 0.2) is 53.4 Å². The number of carbonyl (C=O) groups excluding carboxylic acids is 1. The van der Waals surface area contributed by atoms with Crippen molar-refractivity contribution in [3.05, 3.63) is 54.1 Å². The summed E-state index contributed by atoms with van der Waals surface area (Å²) in [7, 11) is -3.43. The molecule has 1 amide bonds. The van der Waals surface area contributed by atoms with Gasteiger partial charge >= 0.3 is 0 Å². The van der Waals surface area contributed by atoms with Crippen molar-refractivity contribution in [2.75, 3.05) is 23.3 Å². The van der Waals surface area contributed by atoms with E-state index in [1.54, 1.807) is 24.3 Å². The summed E-state index contributed by atoms with van der Waals surface area (Å²) in [4.78, 5) is 15.0. The first-order valence-electron chi connectivity index (χ1n) is 11.3. The molecule has 4 rings (SSSR count). The molecule has 0 spiro atoms. The third-order valence-electron chi connectivity index (χ3n) is 5.90. The number of benzene rings is 2. The minimum absolute atomic E-state index is 0.0466. The van der Waals surface area contributed by atoms with Gasteiger partial charge in [0.25, 0.3) is 0 Å². The minimum Gasteiger partial charge on any atom is -0.372 e. The minimum atomic E-state index is -3.43. The van der Waals surface area contributed by atoms with Gasteiger partial charge in [0.1, 0.15) is 0 Å². The molecule has 2 N–H and O–H groups in total. The van der Waals surface area contributed by atoms with E-state index >= 15 is 0 Å². The van der Waals surface area contributed by atoms with Gasteiger partial charge in [-0.25, -0.2) is 13.1 Å². The lowest BCUT2D eigenvalue weighted by molar-refractivity contribution is -0.116. The molecule has 2 aliphatic rings. The predicted molar refractivity (Wildman–Crippen MR) is 124 cm³/mol. The number of hydrogen-bond acceptors (Lipinski definition) is 4. The highest BCUT2D eigenvalue weighted by Crippen LogP contribution is 2.23. The van der Waals surface area contributed by atoms with Gasteiger partial charge in [-0.1, -0.05) is 25.0 Å². The smallest absolute Gasteiger partial charge is 0.240 e. The quantitative estimate of drug-likeness (QED) is 0.647. The van der Waals surface area contributed by atoms with Gasteiger partial charge in [-0.2, -0.15) is 0 Å². The summed E-state index contributed by atoms with van der Waals surface area (Å²) in [6.07, 6.45) is 7.82. The summed E-state index contributed by atoms with van der Waals surface area (Å²) in [5.41, 5.74) is 2.96. The van der Waals surface area contributed by atoms with Crippen LogP contribution < -0.4 is 14.9 Å². The maximum Gasteiger partial charge on any atom is 0.240 e. The van der Waals surface area contributed by atoms with Crippen molar-refractivity contribution >= 4 is 27.3 Å². The highest BCUT2D eigenvalue weighted by atomic mass is 32.2. The Bertz CT molecular complexity index is 976. The molecule has 0 atom stereocenters. The molecule has 2 fully saturated rings. The number of sulfonamides is 1. The standard InChI is InChI=1S/C24H31N3O3S/c28-24(25-20-10-12-22(13-11-20)27-17-3-1-2-4-18-27)16-7-19-5-14-23(15-6-19)31(29,30)26-21-8-9-21/h5-6,10-15,21,26H,1-4,7-9,16-18H2,(H,25,28). The van der Waals surface area contributed by atoms with Crippen molar-refractivity contribution in [3.8, 4) is 0 Å². The number of nitrogens with one attached hydrogen (secondary N) is 2. The number of carbonyl (C=O) groups is 1. The fraction of sp³-hybridized carbons (Fsp3) is 0.458. The van der Waals surface area contributed by atoms with Gasteiger partial charge in [0, 0.05) is 36.9 Å². The molecule has 2 aromatic rings. The summed E-state index contributed by atoms with van der Waals surface area (Å²) in [5.74, 6) is -0.0466. The van der Waals surface area contributed by atoms with Crippen LogP contribution in [0.1, 0.15) is 50.5 Å². The van der Waals surface area contributed by atoms with Crippen LogP contribution in [0.3, 0.4) is 0 Å². The largest absolute Gasteiger partial charge is 0.372 e. The second-order valence-corrected chi connectivity index (χ2v) is 10.2. The molecule has 1 saturated heterocycles. The first-order chi connectivity index (χ1) is 15.0. The van der Waals surface area contributed by atoms with Crippen LogP contribution in [-0.2, 0) is 21.2 Å². The van der Waals surface area contributed by atoms with Gasteiger partial charge in [0.15, 0.2) is 0 Å². The molecule has 7 heteroatoms. The van der Waals surface area contributed by atoms with E-state index in [-0.39, 0.29) is 16.8 Å². The summed E-state index contributed by atoms with van der Waals surface area (Å²) >= 11 is 0. The van der Waals surface area contributed by atoms with Gasteiger partial charge in [-0.15, -0.1) is 0 Å². The highest BCUT2D eigenvalue weighted by molar-refractivity contribution is 7.89. The van der Waals surface area contributed by atoms with Crippen LogP contribution in [0.2, 0.25) is 0 Å². The Kier molecular flexibility index (Phi) is 6.92. The van der Waals surface area contributed by atoms with Crippen LogP contribution >= 0.6 is 0 Å². The SMILES string of the molecule is O=C(CCc1ccc(S(=O)(=O)NC2CC2)cc1)Nc1ccc(N2CCCCCC2)cc1. The average Bonchev–Trinajstić information content (AvgIpc) is 3.60. The van der Waals surface area contributed by atoms with Crippen LogP contribution in [0.4, 0.5) is 11.4 Å². The molecule has 1 saturated carbocycles. The summed E-state index contributed by atoms with van der Waals surface area (Å²) in [6.45, 7) is 2.20. The fourth-order valence-corrected chi connectivity index (χ4v) is 5.19. The Morgan fingerprint density at radius 1 is 0.903 bits per heavy atom. The zero-order valence-corrected chi connectivity index (χ0v) is 18.7. The Labute approximate surface area is 185 Å². The lowest BCUT2D eigenvalue weighted by atomic mass is 10.1. The molecular weight excluding hydrogens is 410 g/mol. The van der Waals surface area contributed by atoms with Crippen molar-refractivity contribution < 1.29 is 13.2 Å². The Morgan fingerprint density at radius 2 is 1.55 bits per heavy atom. The second-order valence-electron chi connectivity index (χ2n) is 8.54. The average molecular weight is 442 g/mol. The van der Waals surface area contributed by atoms with E-state index in [0.29, 0.717) is 12.8 Å². The summed E-state index contributed by atoms with van der Waals surface area (Å²) in [5, 5.41) is 2.96. The normalized spacial score (nSPS) is 17.2.